The van der Waals surface area contributed by atoms with Crippen molar-refractivity contribution in [3.05, 3.63) is 30.3 Å². The molecule has 0 bridgehead atoms. The van der Waals surface area contributed by atoms with E-state index in [1.807, 2.05) is 42.1 Å². The number of thioether (sulfide) groups is 1. The minimum absolute atomic E-state index is 0.334. The van der Waals surface area contributed by atoms with Crippen LogP contribution in [0, 0.1) is 0 Å². The molecule has 0 aliphatic rings. The van der Waals surface area contributed by atoms with Crippen LogP contribution in [0.5, 0.6) is 5.75 Å². The van der Waals surface area contributed by atoms with Crippen LogP contribution in [0.3, 0.4) is 0 Å². The molecule has 0 atom stereocenters. The lowest BCUT2D eigenvalue weighted by atomic mass is 10.3. The maximum atomic E-state index is 5.57. The highest BCUT2D eigenvalue weighted by Crippen LogP contribution is 2.09. The van der Waals surface area contributed by atoms with Gasteiger partial charge < -0.3 is 9.47 Å². The quantitative estimate of drug-likeness (QED) is 0.650. The lowest BCUT2D eigenvalue weighted by Crippen LogP contribution is -2.07. The predicted octanol–water partition coefficient (Wildman–Crippen LogP) is 3.22. The van der Waals surface area contributed by atoms with Crippen molar-refractivity contribution in [2.45, 2.75) is 20.0 Å². The van der Waals surface area contributed by atoms with Gasteiger partial charge in [0.05, 0.1) is 19.3 Å². The molecule has 0 aliphatic carbocycles. The van der Waals surface area contributed by atoms with Crippen LogP contribution in [0.4, 0.5) is 0 Å². The SMILES string of the molecule is CC(C)OCCSCCOc1ccccc1. The minimum atomic E-state index is 0.334. The zero-order chi connectivity index (χ0) is 11.6. The van der Waals surface area contributed by atoms with Gasteiger partial charge in [-0.2, -0.15) is 11.8 Å². The fourth-order valence-electron chi connectivity index (χ4n) is 1.18. The summed E-state index contributed by atoms with van der Waals surface area (Å²) in [5.74, 6) is 2.99. The van der Waals surface area contributed by atoms with Gasteiger partial charge in [0, 0.05) is 11.5 Å². The van der Waals surface area contributed by atoms with Crippen molar-refractivity contribution in [1.82, 2.24) is 0 Å². The van der Waals surface area contributed by atoms with E-state index >= 15 is 0 Å². The van der Waals surface area contributed by atoms with E-state index < -0.39 is 0 Å². The van der Waals surface area contributed by atoms with Crippen molar-refractivity contribution in [3.8, 4) is 5.75 Å². The zero-order valence-corrected chi connectivity index (χ0v) is 10.8. The third-order valence-electron chi connectivity index (χ3n) is 1.92. The molecule has 0 saturated carbocycles. The Hall–Kier alpha value is -0.670. The Bertz CT molecular complexity index is 262. The van der Waals surface area contributed by atoms with Gasteiger partial charge in [-0.05, 0) is 26.0 Å². The summed E-state index contributed by atoms with van der Waals surface area (Å²) in [6.45, 7) is 5.70. The number of para-hydroxylation sites is 1. The predicted molar refractivity (Wildman–Crippen MR) is 70.4 cm³/mol. The summed E-state index contributed by atoms with van der Waals surface area (Å²) >= 11 is 1.86. The molecule has 0 aliphatic heterocycles. The van der Waals surface area contributed by atoms with Crippen molar-refractivity contribution < 1.29 is 9.47 Å². The molecule has 1 rings (SSSR count). The van der Waals surface area contributed by atoms with Crippen LogP contribution in [-0.2, 0) is 4.74 Å². The Morgan fingerprint density at radius 2 is 1.75 bits per heavy atom. The molecule has 0 amide bonds. The summed E-state index contributed by atoms with van der Waals surface area (Å²) in [7, 11) is 0. The first-order valence-corrected chi connectivity index (χ1v) is 6.81. The molecular weight excluding hydrogens is 220 g/mol. The van der Waals surface area contributed by atoms with E-state index in [0.29, 0.717) is 6.10 Å². The summed E-state index contributed by atoms with van der Waals surface area (Å²) in [4.78, 5) is 0. The smallest absolute Gasteiger partial charge is 0.119 e. The second-order valence-corrected chi connectivity index (χ2v) is 4.92. The van der Waals surface area contributed by atoms with Gasteiger partial charge >= 0.3 is 0 Å². The molecular formula is C13H20O2S. The van der Waals surface area contributed by atoms with Crippen LogP contribution < -0.4 is 4.74 Å². The minimum Gasteiger partial charge on any atom is -0.493 e. The molecule has 0 aromatic heterocycles. The van der Waals surface area contributed by atoms with Gasteiger partial charge in [-0.3, -0.25) is 0 Å². The highest BCUT2D eigenvalue weighted by atomic mass is 32.2. The second-order valence-electron chi connectivity index (χ2n) is 3.69. The average Bonchev–Trinajstić information content (AvgIpc) is 2.29. The zero-order valence-electron chi connectivity index (χ0n) is 10.0. The lowest BCUT2D eigenvalue weighted by molar-refractivity contribution is 0.0920. The van der Waals surface area contributed by atoms with E-state index in [1.54, 1.807) is 0 Å². The van der Waals surface area contributed by atoms with Gasteiger partial charge in [-0.25, -0.2) is 0 Å². The highest BCUT2D eigenvalue weighted by Gasteiger charge is 1.95. The normalized spacial score (nSPS) is 10.7. The van der Waals surface area contributed by atoms with Gasteiger partial charge in [-0.15, -0.1) is 0 Å². The summed E-state index contributed by atoms with van der Waals surface area (Å²) < 4.78 is 11.0. The standard InChI is InChI=1S/C13H20O2S/c1-12(2)14-8-10-16-11-9-15-13-6-4-3-5-7-13/h3-7,12H,8-11H2,1-2H3. The molecule has 90 valence electrons. The third kappa shape index (κ3) is 6.75. The number of hydrogen-bond acceptors (Lipinski definition) is 3. The van der Waals surface area contributed by atoms with Crippen molar-refractivity contribution in [2.24, 2.45) is 0 Å². The maximum Gasteiger partial charge on any atom is 0.119 e. The fourth-order valence-corrected chi connectivity index (χ4v) is 1.80. The van der Waals surface area contributed by atoms with Crippen molar-refractivity contribution in [2.75, 3.05) is 24.7 Å². The van der Waals surface area contributed by atoms with Crippen LogP contribution in [0.25, 0.3) is 0 Å². The molecule has 0 unspecified atom stereocenters. The van der Waals surface area contributed by atoms with E-state index in [9.17, 15) is 0 Å². The maximum absolute atomic E-state index is 5.57. The fraction of sp³-hybridized carbons (Fsp3) is 0.538. The molecule has 0 radical (unpaired) electrons. The molecule has 2 nitrogen and oxygen atoms in total. The molecule has 1 aromatic rings. The molecule has 0 saturated heterocycles. The Balaban J connectivity index is 1.93. The van der Waals surface area contributed by atoms with Crippen molar-refractivity contribution in [3.63, 3.8) is 0 Å². The van der Waals surface area contributed by atoms with Crippen LogP contribution in [0.15, 0.2) is 30.3 Å². The summed E-state index contributed by atoms with van der Waals surface area (Å²) in [5, 5.41) is 0. The number of rotatable bonds is 8. The molecule has 1 aromatic carbocycles. The van der Waals surface area contributed by atoms with Crippen LogP contribution in [0.2, 0.25) is 0 Å². The van der Waals surface area contributed by atoms with Gasteiger partial charge in [0.2, 0.25) is 0 Å². The first-order chi connectivity index (χ1) is 7.79. The van der Waals surface area contributed by atoms with Crippen LogP contribution >= 0.6 is 11.8 Å². The molecule has 0 fully saturated rings. The number of hydrogen-bond donors (Lipinski definition) is 0. The molecule has 0 N–H and O–H groups in total. The molecule has 3 heteroatoms. The summed E-state index contributed by atoms with van der Waals surface area (Å²) in [5.41, 5.74) is 0. The highest BCUT2D eigenvalue weighted by molar-refractivity contribution is 7.99. The summed E-state index contributed by atoms with van der Waals surface area (Å²) in [6, 6.07) is 9.92. The lowest BCUT2D eigenvalue weighted by Gasteiger charge is -2.07. The van der Waals surface area contributed by atoms with Gasteiger partial charge in [0.15, 0.2) is 0 Å². The Morgan fingerprint density at radius 1 is 1.06 bits per heavy atom. The molecule has 16 heavy (non-hydrogen) atoms. The average molecular weight is 240 g/mol. The van der Waals surface area contributed by atoms with Gasteiger partial charge in [0.25, 0.3) is 0 Å². The van der Waals surface area contributed by atoms with E-state index in [-0.39, 0.29) is 0 Å². The van der Waals surface area contributed by atoms with E-state index in [0.717, 1.165) is 30.5 Å². The van der Waals surface area contributed by atoms with Crippen LogP contribution in [-0.4, -0.2) is 30.8 Å². The largest absolute Gasteiger partial charge is 0.493 e. The first kappa shape index (κ1) is 13.4. The number of ether oxygens (including phenoxy) is 2. The summed E-state index contributed by atoms with van der Waals surface area (Å²) in [6.07, 6.45) is 0.334. The van der Waals surface area contributed by atoms with E-state index in [2.05, 4.69) is 13.8 Å². The Kier molecular flexibility index (Phi) is 7.10. The number of benzene rings is 1. The van der Waals surface area contributed by atoms with Gasteiger partial charge in [0.1, 0.15) is 5.75 Å². The second kappa shape index (κ2) is 8.48. The Labute approximate surface area is 102 Å². The van der Waals surface area contributed by atoms with Crippen LogP contribution in [0.1, 0.15) is 13.8 Å². The monoisotopic (exact) mass is 240 g/mol. The third-order valence-corrected chi connectivity index (χ3v) is 2.83. The molecule has 0 heterocycles. The van der Waals surface area contributed by atoms with Crippen molar-refractivity contribution >= 4 is 11.8 Å². The van der Waals surface area contributed by atoms with E-state index in [4.69, 9.17) is 9.47 Å². The first-order valence-electron chi connectivity index (χ1n) is 5.66. The van der Waals surface area contributed by atoms with Gasteiger partial charge in [-0.1, -0.05) is 18.2 Å². The Morgan fingerprint density at radius 3 is 2.44 bits per heavy atom. The van der Waals surface area contributed by atoms with Crippen molar-refractivity contribution in [1.29, 1.82) is 0 Å². The topological polar surface area (TPSA) is 18.5 Å². The van der Waals surface area contributed by atoms with E-state index in [1.165, 1.54) is 0 Å². The molecule has 0 spiro atoms.